The summed E-state index contributed by atoms with van der Waals surface area (Å²) in [5.41, 5.74) is 0. The van der Waals surface area contributed by atoms with E-state index in [1.807, 2.05) is 0 Å². The summed E-state index contributed by atoms with van der Waals surface area (Å²) in [6.07, 6.45) is 92.9. The lowest BCUT2D eigenvalue weighted by atomic mass is 10.0. The Labute approximate surface area is 502 Å². The van der Waals surface area contributed by atoms with Gasteiger partial charge in [0.05, 0.1) is 0 Å². The van der Waals surface area contributed by atoms with Gasteiger partial charge in [0.1, 0.15) is 13.2 Å². The van der Waals surface area contributed by atoms with Crippen molar-refractivity contribution < 1.29 is 28.6 Å². The third kappa shape index (κ3) is 67.0. The Kier molecular flexibility index (Phi) is 65.7. The smallest absolute Gasteiger partial charge is 0.306 e. The van der Waals surface area contributed by atoms with Gasteiger partial charge in [0.25, 0.3) is 0 Å². The number of hydrogen-bond donors (Lipinski definition) is 0. The second-order valence-corrected chi connectivity index (χ2v) is 23.1. The van der Waals surface area contributed by atoms with Crippen LogP contribution in [0.1, 0.15) is 342 Å². The molecule has 0 aliphatic heterocycles. The Hall–Kier alpha value is -3.67. The first kappa shape index (κ1) is 77.3. The fourth-order valence-corrected chi connectivity index (χ4v) is 9.85. The summed E-state index contributed by atoms with van der Waals surface area (Å²) in [6, 6.07) is 0. The van der Waals surface area contributed by atoms with Gasteiger partial charge in [-0.05, 0) is 122 Å². The van der Waals surface area contributed by atoms with E-state index in [2.05, 4.69) is 118 Å². The van der Waals surface area contributed by atoms with E-state index in [0.717, 1.165) is 135 Å². The van der Waals surface area contributed by atoms with Gasteiger partial charge in [-0.2, -0.15) is 0 Å². The van der Waals surface area contributed by atoms with Crippen LogP contribution in [0.25, 0.3) is 0 Å². The fraction of sp³-hybridized carbons (Fsp3) is 0.747. The lowest BCUT2D eigenvalue weighted by Gasteiger charge is -2.18. The topological polar surface area (TPSA) is 78.9 Å². The molecule has 81 heavy (non-hydrogen) atoms. The highest BCUT2D eigenvalue weighted by molar-refractivity contribution is 5.71. The molecule has 0 aromatic rings. The molecular weight excluding hydrogens is 997 g/mol. The Bertz CT molecular complexity index is 1580. The number of unbranched alkanes of at least 4 members (excludes halogenated alkanes) is 36. The van der Waals surface area contributed by atoms with Gasteiger partial charge in [-0.3, -0.25) is 14.4 Å². The maximum Gasteiger partial charge on any atom is 0.306 e. The van der Waals surface area contributed by atoms with Crippen molar-refractivity contribution in [2.75, 3.05) is 13.2 Å². The summed E-state index contributed by atoms with van der Waals surface area (Å²) in [7, 11) is 0. The summed E-state index contributed by atoms with van der Waals surface area (Å²) in [6.45, 7) is 6.51. The summed E-state index contributed by atoms with van der Waals surface area (Å²) >= 11 is 0. The van der Waals surface area contributed by atoms with Crippen LogP contribution in [0.4, 0.5) is 0 Å². The predicted molar refractivity (Wildman–Crippen MR) is 353 cm³/mol. The van der Waals surface area contributed by atoms with Gasteiger partial charge in [0.15, 0.2) is 6.10 Å². The van der Waals surface area contributed by atoms with Gasteiger partial charge in [-0.25, -0.2) is 0 Å². The third-order valence-electron chi connectivity index (χ3n) is 15.0. The second-order valence-electron chi connectivity index (χ2n) is 23.1. The first-order valence-corrected chi connectivity index (χ1v) is 34.7. The number of ether oxygens (including phenoxy) is 3. The van der Waals surface area contributed by atoms with Gasteiger partial charge in [-0.1, -0.05) is 298 Å². The molecule has 0 amide bonds. The van der Waals surface area contributed by atoms with Gasteiger partial charge < -0.3 is 14.2 Å². The molecule has 466 valence electrons. The van der Waals surface area contributed by atoms with Crippen molar-refractivity contribution in [2.45, 2.75) is 348 Å². The van der Waals surface area contributed by atoms with Gasteiger partial charge in [0, 0.05) is 19.3 Å². The maximum absolute atomic E-state index is 12.9. The molecule has 0 N–H and O–H groups in total. The Morgan fingerprint density at radius 1 is 0.259 bits per heavy atom. The summed E-state index contributed by atoms with van der Waals surface area (Å²) in [5, 5.41) is 0. The molecule has 0 rings (SSSR count). The molecule has 0 saturated carbocycles. The number of hydrogen-bond acceptors (Lipinski definition) is 6. The van der Waals surface area contributed by atoms with Crippen LogP contribution in [0.3, 0.4) is 0 Å². The molecule has 0 spiro atoms. The van der Waals surface area contributed by atoms with E-state index < -0.39 is 6.10 Å². The first-order valence-electron chi connectivity index (χ1n) is 34.7. The Morgan fingerprint density at radius 2 is 0.481 bits per heavy atom. The van der Waals surface area contributed by atoms with Crippen LogP contribution in [0.15, 0.2) is 97.2 Å². The van der Waals surface area contributed by atoms with E-state index in [-0.39, 0.29) is 31.1 Å². The predicted octanol–water partition coefficient (Wildman–Crippen LogP) is 24.0. The van der Waals surface area contributed by atoms with Crippen molar-refractivity contribution in [3.8, 4) is 0 Å². The number of esters is 3. The van der Waals surface area contributed by atoms with Crippen molar-refractivity contribution in [3.05, 3.63) is 97.2 Å². The van der Waals surface area contributed by atoms with Crippen LogP contribution in [0, 0.1) is 0 Å². The monoisotopic (exact) mass is 1130 g/mol. The summed E-state index contributed by atoms with van der Waals surface area (Å²) < 4.78 is 17.0. The fourth-order valence-electron chi connectivity index (χ4n) is 9.85. The Balaban J connectivity index is 4.34. The first-order chi connectivity index (χ1) is 40.0. The molecule has 1 unspecified atom stereocenters. The lowest BCUT2D eigenvalue weighted by Crippen LogP contribution is -2.30. The highest BCUT2D eigenvalue weighted by Crippen LogP contribution is 2.17. The molecule has 0 aliphatic carbocycles. The third-order valence-corrected chi connectivity index (χ3v) is 15.0. The van der Waals surface area contributed by atoms with Crippen LogP contribution in [-0.4, -0.2) is 37.2 Å². The van der Waals surface area contributed by atoms with Gasteiger partial charge in [0.2, 0.25) is 0 Å². The molecule has 0 aromatic carbocycles. The zero-order valence-corrected chi connectivity index (χ0v) is 53.5. The van der Waals surface area contributed by atoms with E-state index in [1.54, 1.807) is 0 Å². The van der Waals surface area contributed by atoms with Crippen LogP contribution in [0.5, 0.6) is 0 Å². The van der Waals surface area contributed by atoms with Crippen molar-refractivity contribution in [2.24, 2.45) is 0 Å². The molecule has 0 saturated heterocycles. The van der Waals surface area contributed by atoms with E-state index in [4.69, 9.17) is 14.2 Å². The van der Waals surface area contributed by atoms with E-state index >= 15 is 0 Å². The van der Waals surface area contributed by atoms with E-state index in [1.165, 1.54) is 167 Å². The average molecular weight is 1130 g/mol. The SMILES string of the molecule is CC/C=C\C/C=C\C/C=C\C/C=C\C/C=C\CCCCCCCC(=O)OC(COC(=O)CCCCCCC/C=C\C/C=C\CCCCC)COC(=O)CCCCCCCCCCCCCCCCC/C=C\CCCCCCCCCC. The lowest BCUT2D eigenvalue weighted by molar-refractivity contribution is -0.167. The number of allylic oxidation sites excluding steroid dienone is 16. The molecule has 6 nitrogen and oxygen atoms in total. The van der Waals surface area contributed by atoms with Crippen molar-refractivity contribution in [3.63, 3.8) is 0 Å². The van der Waals surface area contributed by atoms with Crippen LogP contribution in [0.2, 0.25) is 0 Å². The zero-order valence-electron chi connectivity index (χ0n) is 53.5. The highest BCUT2D eigenvalue weighted by Gasteiger charge is 2.19. The minimum Gasteiger partial charge on any atom is -0.462 e. The molecule has 0 aromatic heterocycles. The molecule has 0 fully saturated rings. The van der Waals surface area contributed by atoms with Crippen molar-refractivity contribution >= 4 is 17.9 Å². The van der Waals surface area contributed by atoms with Gasteiger partial charge in [-0.15, -0.1) is 0 Å². The van der Waals surface area contributed by atoms with Crippen LogP contribution >= 0.6 is 0 Å². The molecule has 0 aliphatic rings. The zero-order chi connectivity index (χ0) is 58.5. The summed E-state index contributed by atoms with van der Waals surface area (Å²) in [4.78, 5) is 38.4. The molecular formula is C75H130O6. The minimum atomic E-state index is -0.796. The Morgan fingerprint density at radius 3 is 0.790 bits per heavy atom. The molecule has 0 radical (unpaired) electrons. The standard InChI is InChI=1S/C75H130O6/c1-4-7-10-13-16-19-22-25-28-30-32-34-35-36-37-38-39-41-42-44-47-50-53-56-59-62-65-68-74(77)80-71-72(70-79-73(76)67-64-61-58-55-52-49-46-27-24-21-18-15-12-9-6-3)81-75(78)69-66-63-60-57-54-51-48-45-43-40-33-31-29-26-23-20-17-14-11-8-5-2/h8,11,17-18,20-21,26-27,29-30,32-33,40,45-46,48,72H,4-7,9-10,12-16,19,22-25,28,31,34-39,41-44,47,49-71H2,1-3H3/b11-8-,20-17-,21-18-,29-26-,32-30-,40-33-,46-27-,48-45-. The van der Waals surface area contributed by atoms with Crippen LogP contribution in [-0.2, 0) is 28.6 Å². The normalized spacial score (nSPS) is 12.7. The summed E-state index contributed by atoms with van der Waals surface area (Å²) in [5.74, 6) is -0.908. The molecule has 0 heterocycles. The molecule has 1 atom stereocenters. The largest absolute Gasteiger partial charge is 0.462 e. The number of carbonyl (C=O) groups is 3. The molecule has 0 bridgehead atoms. The van der Waals surface area contributed by atoms with Crippen molar-refractivity contribution in [1.82, 2.24) is 0 Å². The van der Waals surface area contributed by atoms with Gasteiger partial charge >= 0.3 is 17.9 Å². The number of rotatable bonds is 63. The van der Waals surface area contributed by atoms with Crippen LogP contribution < -0.4 is 0 Å². The second kappa shape index (κ2) is 68.8. The van der Waals surface area contributed by atoms with E-state index in [0.29, 0.717) is 19.3 Å². The minimum absolute atomic E-state index is 0.0886. The number of carbonyl (C=O) groups excluding carboxylic acids is 3. The van der Waals surface area contributed by atoms with Crippen molar-refractivity contribution in [1.29, 1.82) is 0 Å². The quantitative estimate of drug-likeness (QED) is 0.0261. The van der Waals surface area contributed by atoms with E-state index in [9.17, 15) is 14.4 Å². The molecule has 6 heteroatoms. The average Bonchev–Trinajstić information content (AvgIpc) is 3.47. The highest BCUT2D eigenvalue weighted by atomic mass is 16.6. The maximum atomic E-state index is 12.9.